The van der Waals surface area contributed by atoms with Crippen LogP contribution in [0.15, 0.2) is 0 Å². The third-order valence-corrected chi connectivity index (χ3v) is 2.86. The fraction of sp³-hybridized carbons (Fsp3) is 1.00. The second kappa shape index (κ2) is 3.55. The van der Waals surface area contributed by atoms with Crippen LogP contribution in [0.3, 0.4) is 0 Å². The number of piperidine rings is 1. The monoisotopic (exact) mass is 154 g/mol. The number of likely N-dealkylation sites (tertiary alicyclic amines) is 1. The fourth-order valence-corrected chi connectivity index (χ4v) is 2.01. The lowest BCUT2D eigenvalue weighted by Crippen LogP contribution is -2.44. The van der Waals surface area contributed by atoms with E-state index in [1.807, 2.05) is 0 Å². The minimum atomic E-state index is 0.948. The van der Waals surface area contributed by atoms with Crippen molar-refractivity contribution in [2.75, 3.05) is 32.7 Å². The molecule has 2 nitrogen and oxygen atoms in total. The van der Waals surface area contributed by atoms with E-state index >= 15 is 0 Å². The van der Waals surface area contributed by atoms with Crippen molar-refractivity contribution in [3.63, 3.8) is 0 Å². The number of rotatable bonds is 2. The quantitative estimate of drug-likeness (QED) is 0.629. The smallest absolute Gasteiger partial charge is 0.00218 e. The SMILES string of the molecule is C1CNC[C@H](CN2CCC2)C1. The van der Waals surface area contributed by atoms with Crippen molar-refractivity contribution in [1.29, 1.82) is 0 Å². The minimum Gasteiger partial charge on any atom is -0.316 e. The molecular formula is C9H18N2. The topological polar surface area (TPSA) is 15.3 Å². The Morgan fingerprint density at radius 2 is 2.18 bits per heavy atom. The summed E-state index contributed by atoms with van der Waals surface area (Å²) >= 11 is 0. The lowest BCUT2D eigenvalue weighted by molar-refractivity contribution is 0.141. The van der Waals surface area contributed by atoms with E-state index in [9.17, 15) is 0 Å². The van der Waals surface area contributed by atoms with Gasteiger partial charge in [0, 0.05) is 6.54 Å². The van der Waals surface area contributed by atoms with Crippen LogP contribution in [0.2, 0.25) is 0 Å². The molecule has 11 heavy (non-hydrogen) atoms. The van der Waals surface area contributed by atoms with Gasteiger partial charge in [-0.15, -0.1) is 0 Å². The zero-order valence-electron chi connectivity index (χ0n) is 7.18. The molecule has 1 atom stereocenters. The van der Waals surface area contributed by atoms with Crippen molar-refractivity contribution in [2.45, 2.75) is 19.3 Å². The molecule has 2 rings (SSSR count). The predicted octanol–water partition coefficient (Wildman–Crippen LogP) is 0.692. The van der Waals surface area contributed by atoms with E-state index in [0.29, 0.717) is 0 Å². The Balaban J connectivity index is 1.67. The van der Waals surface area contributed by atoms with Crippen molar-refractivity contribution in [1.82, 2.24) is 10.2 Å². The lowest BCUT2D eigenvalue weighted by atomic mass is 9.98. The van der Waals surface area contributed by atoms with Crippen LogP contribution in [0.5, 0.6) is 0 Å². The molecule has 0 aromatic heterocycles. The molecule has 0 unspecified atom stereocenters. The molecule has 2 heteroatoms. The van der Waals surface area contributed by atoms with Crippen LogP contribution in [0.25, 0.3) is 0 Å². The van der Waals surface area contributed by atoms with E-state index in [1.54, 1.807) is 0 Å². The highest BCUT2D eigenvalue weighted by atomic mass is 15.2. The van der Waals surface area contributed by atoms with Gasteiger partial charge in [-0.1, -0.05) is 0 Å². The van der Waals surface area contributed by atoms with E-state index in [4.69, 9.17) is 0 Å². The van der Waals surface area contributed by atoms with Crippen molar-refractivity contribution < 1.29 is 0 Å². The molecule has 0 aromatic rings. The van der Waals surface area contributed by atoms with Crippen molar-refractivity contribution >= 4 is 0 Å². The molecule has 0 saturated carbocycles. The van der Waals surface area contributed by atoms with Gasteiger partial charge in [-0.25, -0.2) is 0 Å². The number of hydrogen-bond donors (Lipinski definition) is 1. The molecule has 2 aliphatic heterocycles. The predicted molar refractivity (Wildman–Crippen MR) is 46.7 cm³/mol. The highest BCUT2D eigenvalue weighted by Crippen LogP contribution is 2.15. The van der Waals surface area contributed by atoms with Crippen molar-refractivity contribution in [3.05, 3.63) is 0 Å². The molecule has 1 N–H and O–H groups in total. The summed E-state index contributed by atoms with van der Waals surface area (Å²) in [4.78, 5) is 2.58. The van der Waals surface area contributed by atoms with E-state index in [2.05, 4.69) is 10.2 Å². The van der Waals surface area contributed by atoms with Gasteiger partial charge in [0.15, 0.2) is 0 Å². The summed E-state index contributed by atoms with van der Waals surface area (Å²) in [6.45, 7) is 6.58. The Bertz CT molecular complexity index is 115. The molecule has 0 spiro atoms. The van der Waals surface area contributed by atoms with Gasteiger partial charge in [-0.3, -0.25) is 0 Å². The van der Waals surface area contributed by atoms with Gasteiger partial charge in [0.25, 0.3) is 0 Å². The molecular weight excluding hydrogens is 136 g/mol. The zero-order valence-corrected chi connectivity index (χ0v) is 7.18. The van der Waals surface area contributed by atoms with Crippen LogP contribution in [0.4, 0.5) is 0 Å². The van der Waals surface area contributed by atoms with E-state index in [-0.39, 0.29) is 0 Å². The summed E-state index contributed by atoms with van der Waals surface area (Å²) in [6, 6.07) is 0. The van der Waals surface area contributed by atoms with Crippen LogP contribution >= 0.6 is 0 Å². The first-order valence-corrected chi connectivity index (χ1v) is 4.88. The van der Waals surface area contributed by atoms with E-state index in [1.165, 1.54) is 52.0 Å². The van der Waals surface area contributed by atoms with Crippen LogP contribution < -0.4 is 5.32 Å². The average Bonchev–Trinajstić information content (AvgIpc) is 1.99. The highest BCUT2D eigenvalue weighted by Gasteiger charge is 2.20. The lowest BCUT2D eigenvalue weighted by Gasteiger charge is -2.35. The van der Waals surface area contributed by atoms with Gasteiger partial charge in [-0.2, -0.15) is 0 Å². The number of nitrogens with one attached hydrogen (secondary N) is 1. The van der Waals surface area contributed by atoms with E-state index < -0.39 is 0 Å². The Labute approximate surface area is 69.0 Å². The summed E-state index contributed by atoms with van der Waals surface area (Å²) in [6.07, 6.45) is 4.27. The van der Waals surface area contributed by atoms with Crippen LogP contribution in [0.1, 0.15) is 19.3 Å². The van der Waals surface area contributed by atoms with Gasteiger partial charge >= 0.3 is 0 Å². The van der Waals surface area contributed by atoms with Crippen LogP contribution in [-0.2, 0) is 0 Å². The minimum absolute atomic E-state index is 0.948. The molecule has 0 radical (unpaired) electrons. The first-order chi connectivity index (χ1) is 5.45. The second-order valence-electron chi connectivity index (χ2n) is 3.87. The first kappa shape index (κ1) is 7.56. The van der Waals surface area contributed by atoms with E-state index in [0.717, 1.165) is 5.92 Å². The molecule has 2 aliphatic rings. The third kappa shape index (κ3) is 1.94. The number of nitrogens with zero attached hydrogens (tertiary/aromatic N) is 1. The second-order valence-corrected chi connectivity index (χ2v) is 3.87. The summed E-state index contributed by atoms with van der Waals surface area (Å²) < 4.78 is 0. The maximum absolute atomic E-state index is 3.46. The standard InChI is InChI=1S/C9H18N2/c1-3-9(7-10-4-1)8-11-5-2-6-11/h9-10H,1-8H2/t9-/m1/s1. The Hall–Kier alpha value is -0.0800. The molecule has 0 bridgehead atoms. The zero-order chi connectivity index (χ0) is 7.52. The highest BCUT2D eigenvalue weighted by molar-refractivity contribution is 4.76. The maximum Gasteiger partial charge on any atom is 0.00218 e. The molecule has 2 heterocycles. The van der Waals surface area contributed by atoms with Crippen molar-refractivity contribution in [2.24, 2.45) is 5.92 Å². The van der Waals surface area contributed by atoms with Gasteiger partial charge in [0.2, 0.25) is 0 Å². The molecule has 64 valence electrons. The molecule has 0 aliphatic carbocycles. The summed E-state index contributed by atoms with van der Waals surface area (Å²) in [5.41, 5.74) is 0. The molecule has 0 aromatic carbocycles. The summed E-state index contributed by atoms with van der Waals surface area (Å²) in [5.74, 6) is 0.948. The Kier molecular flexibility index (Phi) is 2.44. The maximum atomic E-state index is 3.46. The normalized spacial score (nSPS) is 33.3. The average molecular weight is 154 g/mol. The Morgan fingerprint density at radius 1 is 1.27 bits per heavy atom. The Morgan fingerprint density at radius 3 is 2.73 bits per heavy atom. The molecule has 0 amide bonds. The molecule has 2 saturated heterocycles. The van der Waals surface area contributed by atoms with Crippen molar-refractivity contribution in [3.8, 4) is 0 Å². The molecule has 2 fully saturated rings. The fourth-order valence-electron chi connectivity index (χ4n) is 2.01. The van der Waals surface area contributed by atoms with Crippen LogP contribution in [-0.4, -0.2) is 37.6 Å². The van der Waals surface area contributed by atoms with Gasteiger partial charge in [-0.05, 0) is 51.4 Å². The summed E-state index contributed by atoms with van der Waals surface area (Å²) in [7, 11) is 0. The van der Waals surface area contributed by atoms with Crippen LogP contribution in [0, 0.1) is 5.92 Å². The van der Waals surface area contributed by atoms with Gasteiger partial charge in [0.05, 0.1) is 0 Å². The van der Waals surface area contributed by atoms with Gasteiger partial charge in [0.1, 0.15) is 0 Å². The number of hydrogen-bond acceptors (Lipinski definition) is 2. The third-order valence-electron chi connectivity index (χ3n) is 2.86. The van der Waals surface area contributed by atoms with Gasteiger partial charge < -0.3 is 10.2 Å². The summed E-state index contributed by atoms with van der Waals surface area (Å²) in [5, 5.41) is 3.46. The largest absolute Gasteiger partial charge is 0.316 e. The first-order valence-electron chi connectivity index (χ1n) is 4.88.